The molecule has 2 aromatic carbocycles. The van der Waals surface area contributed by atoms with Gasteiger partial charge in [0.2, 0.25) is 5.91 Å². The van der Waals surface area contributed by atoms with E-state index < -0.39 is 5.82 Å². The molecule has 2 bridgehead atoms. The number of fused-ring (bicyclic) bond motifs is 3. The van der Waals surface area contributed by atoms with Crippen molar-refractivity contribution in [3.63, 3.8) is 0 Å². The van der Waals surface area contributed by atoms with Gasteiger partial charge in [0.25, 0.3) is 0 Å². The van der Waals surface area contributed by atoms with Crippen LogP contribution in [0.15, 0.2) is 55.0 Å². The molecule has 2 atom stereocenters. The topological polar surface area (TPSA) is 79.4 Å². The molecule has 2 aliphatic heterocycles. The molecule has 3 aromatic rings. The highest BCUT2D eigenvalue weighted by Gasteiger charge is 2.37. The van der Waals surface area contributed by atoms with E-state index in [0.717, 1.165) is 24.2 Å². The van der Waals surface area contributed by atoms with Crippen molar-refractivity contribution in [1.29, 1.82) is 0 Å². The third kappa shape index (κ3) is 4.28. The molecular weight excluding hydrogens is 492 g/mol. The van der Waals surface area contributed by atoms with Gasteiger partial charge in [-0.3, -0.25) is 4.79 Å². The van der Waals surface area contributed by atoms with E-state index in [4.69, 9.17) is 27.9 Å². The van der Waals surface area contributed by atoms with Crippen molar-refractivity contribution in [1.82, 2.24) is 14.9 Å². The van der Waals surface area contributed by atoms with Crippen LogP contribution in [0.25, 0.3) is 10.9 Å². The molecule has 0 aliphatic carbocycles. The van der Waals surface area contributed by atoms with Gasteiger partial charge >= 0.3 is 0 Å². The number of carbonyl (C=O) groups excluding carboxylic acids is 1. The molecule has 1 saturated heterocycles. The standard InChI is InChI=1S/C25H22Cl2FN5O2/c1-3-22(34)33-14-4-5-15(33)9-13(8-14)31-20-10-16-19(11-21(20)35-2)29-12-30-25(16)32-18-7-6-17(26)23(27)24(18)28/h3-4,6-7,10-13,15,31H,1,5,8-9H2,2H3,(H,29,30,32)/t13-,15+/m1/s1. The Kier molecular flexibility index (Phi) is 6.25. The number of nitrogens with zero attached hydrogens (tertiary/aromatic N) is 3. The summed E-state index contributed by atoms with van der Waals surface area (Å²) in [6, 6.07) is 6.90. The SMILES string of the molecule is C=CC(=O)N1C2=CC[C@H]1C[C@H](Nc1cc3c(Nc4ccc(Cl)c(Cl)c4F)ncnc3cc1OC)C2. The van der Waals surface area contributed by atoms with E-state index in [-0.39, 0.29) is 33.7 Å². The zero-order valence-electron chi connectivity index (χ0n) is 18.8. The number of hydrogen-bond donors (Lipinski definition) is 2. The van der Waals surface area contributed by atoms with E-state index in [9.17, 15) is 9.18 Å². The number of benzene rings is 2. The first-order valence-corrected chi connectivity index (χ1v) is 11.8. The van der Waals surface area contributed by atoms with Crippen LogP contribution in [0.2, 0.25) is 10.0 Å². The molecule has 180 valence electrons. The van der Waals surface area contributed by atoms with E-state index in [1.165, 1.54) is 24.5 Å². The second-order valence-corrected chi connectivity index (χ2v) is 9.20. The molecule has 3 heterocycles. The summed E-state index contributed by atoms with van der Waals surface area (Å²) in [6.07, 6.45) is 7.18. The minimum absolute atomic E-state index is 0.0668. The van der Waals surface area contributed by atoms with Crippen LogP contribution >= 0.6 is 23.2 Å². The summed E-state index contributed by atoms with van der Waals surface area (Å²) in [5.74, 6) is 0.297. The van der Waals surface area contributed by atoms with Crippen molar-refractivity contribution in [2.24, 2.45) is 0 Å². The molecule has 0 unspecified atom stereocenters. The molecule has 1 aromatic heterocycles. The first-order chi connectivity index (χ1) is 16.9. The number of carbonyl (C=O) groups is 1. The number of halogens is 3. The third-order valence-corrected chi connectivity index (χ3v) is 7.11. The molecule has 7 nitrogen and oxygen atoms in total. The number of piperidine rings is 1. The summed E-state index contributed by atoms with van der Waals surface area (Å²) in [4.78, 5) is 22.8. The van der Waals surface area contributed by atoms with E-state index in [1.54, 1.807) is 13.2 Å². The molecular formula is C25H22Cl2FN5O2. The number of rotatable bonds is 6. The molecule has 35 heavy (non-hydrogen) atoms. The number of ether oxygens (including phenoxy) is 1. The van der Waals surface area contributed by atoms with Crippen molar-refractivity contribution >= 4 is 57.2 Å². The minimum Gasteiger partial charge on any atom is -0.495 e. The van der Waals surface area contributed by atoms with Crippen molar-refractivity contribution in [3.8, 4) is 5.75 Å². The fraction of sp³-hybridized carbons (Fsp3) is 0.240. The van der Waals surface area contributed by atoms with Crippen LogP contribution in [-0.2, 0) is 4.79 Å². The van der Waals surface area contributed by atoms with Crippen LogP contribution in [0, 0.1) is 5.82 Å². The maximum atomic E-state index is 14.7. The van der Waals surface area contributed by atoms with Gasteiger partial charge in [-0.15, -0.1) is 0 Å². The van der Waals surface area contributed by atoms with Crippen LogP contribution in [-0.4, -0.2) is 40.0 Å². The van der Waals surface area contributed by atoms with Gasteiger partial charge in [0.15, 0.2) is 5.82 Å². The smallest absolute Gasteiger partial charge is 0.250 e. The Bertz CT molecular complexity index is 1380. The van der Waals surface area contributed by atoms with Crippen LogP contribution in [0.4, 0.5) is 21.6 Å². The second kappa shape index (κ2) is 9.36. The Hall–Kier alpha value is -3.36. The summed E-state index contributed by atoms with van der Waals surface area (Å²) >= 11 is 11.9. The van der Waals surface area contributed by atoms with Gasteiger partial charge in [-0.05, 0) is 37.1 Å². The molecule has 1 fully saturated rings. The van der Waals surface area contributed by atoms with Crippen molar-refractivity contribution in [2.45, 2.75) is 31.3 Å². The van der Waals surface area contributed by atoms with Crippen molar-refractivity contribution < 1.29 is 13.9 Å². The molecule has 5 rings (SSSR count). The zero-order chi connectivity index (χ0) is 24.7. The lowest BCUT2D eigenvalue weighted by molar-refractivity contribution is -0.126. The highest BCUT2D eigenvalue weighted by molar-refractivity contribution is 6.42. The predicted molar refractivity (Wildman–Crippen MR) is 136 cm³/mol. The van der Waals surface area contributed by atoms with Gasteiger partial charge < -0.3 is 20.3 Å². The lowest BCUT2D eigenvalue weighted by Crippen LogP contribution is -2.44. The molecule has 2 N–H and O–H groups in total. The van der Waals surface area contributed by atoms with Gasteiger partial charge in [-0.25, -0.2) is 14.4 Å². The quantitative estimate of drug-likeness (QED) is 0.307. The molecule has 10 heteroatoms. The average Bonchev–Trinajstić information content (AvgIpc) is 3.13. The van der Waals surface area contributed by atoms with E-state index >= 15 is 0 Å². The zero-order valence-corrected chi connectivity index (χ0v) is 20.3. The highest BCUT2D eigenvalue weighted by atomic mass is 35.5. The Morgan fingerprint density at radius 2 is 2.11 bits per heavy atom. The molecule has 0 spiro atoms. The lowest BCUT2D eigenvalue weighted by atomic mass is 9.97. The molecule has 1 amide bonds. The highest BCUT2D eigenvalue weighted by Crippen LogP contribution is 2.39. The first-order valence-electron chi connectivity index (χ1n) is 11.0. The summed E-state index contributed by atoms with van der Waals surface area (Å²) in [5.41, 5.74) is 2.53. The number of hydrogen-bond acceptors (Lipinski definition) is 6. The van der Waals surface area contributed by atoms with Crippen molar-refractivity contribution in [2.75, 3.05) is 17.7 Å². The molecule has 2 aliphatic rings. The van der Waals surface area contributed by atoms with Crippen LogP contribution in [0.3, 0.4) is 0 Å². The third-order valence-electron chi connectivity index (χ3n) is 6.33. The molecule has 0 radical (unpaired) electrons. The number of aromatic nitrogens is 2. The van der Waals surface area contributed by atoms with Crippen LogP contribution in [0.5, 0.6) is 5.75 Å². The summed E-state index contributed by atoms with van der Waals surface area (Å²) in [7, 11) is 1.59. The van der Waals surface area contributed by atoms with E-state index in [0.29, 0.717) is 28.9 Å². The summed E-state index contributed by atoms with van der Waals surface area (Å²) < 4.78 is 20.3. The van der Waals surface area contributed by atoms with Gasteiger partial charge in [0, 0.05) is 35.7 Å². The fourth-order valence-corrected chi connectivity index (χ4v) is 5.03. The van der Waals surface area contributed by atoms with E-state index in [2.05, 4.69) is 33.3 Å². The molecule has 0 saturated carbocycles. The maximum absolute atomic E-state index is 14.7. The van der Waals surface area contributed by atoms with Gasteiger partial charge in [0.1, 0.15) is 17.9 Å². The normalized spacial score (nSPS) is 18.9. The van der Waals surface area contributed by atoms with E-state index in [1.807, 2.05) is 11.0 Å². The van der Waals surface area contributed by atoms with Gasteiger partial charge in [-0.1, -0.05) is 35.9 Å². The lowest BCUT2D eigenvalue weighted by Gasteiger charge is -2.37. The maximum Gasteiger partial charge on any atom is 0.250 e. The minimum atomic E-state index is -0.664. The average molecular weight is 514 g/mol. The summed E-state index contributed by atoms with van der Waals surface area (Å²) in [5, 5.41) is 7.20. The number of methoxy groups -OCH3 is 1. The number of nitrogens with one attached hydrogen (secondary N) is 2. The van der Waals surface area contributed by atoms with Crippen LogP contribution < -0.4 is 15.4 Å². The Balaban J connectivity index is 1.46. The number of anilines is 3. The fourth-order valence-electron chi connectivity index (χ4n) is 4.72. The van der Waals surface area contributed by atoms with Gasteiger partial charge in [0.05, 0.1) is 34.0 Å². The Labute approximate surface area is 211 Å². The largest absolute Gasteiger partial charge is 0.495 e. The van der Waals surface area contributed by atoms with Crippen molar-refractivity contribution in [3.05, 3.63) is 70.9 Å². The number of amides is 1. The van der Waals surface area contributed by atoms with Gasteiger partial charge in [-0.2, -0.15) is 0 Å². The Morgan fingerprint density at radius 3 is 2.86 bits per heavy atom. The van der Waals surface area contributed by atoms with Crippen LogP contribution in [0.1, 0.15) is 19.3 Å². The first kappa shape index (κ1) is 23.4. The summed E-state index contributed by atoms with van der Waals surface area (Å²) in [6.45, 7) is 3.62. The second-order valence-electron chi connectivity index (χ2n) is 8.42. The monoisotopic (exact) mass is 513 g/mol. The Morgan fingerprint density at radius 1 is 1.29 bits per heavy atom. The predicted octanol–water partition coefficient (Wildman–Crippen LogP) is 6.07.